The van der Waals surface area contributed by atoms with Gasteiger partial charge in [0.15, 0.2) is 5.82 Å². The van der Waals surface area contributed by atoms with Crippen LogP contribution in [0.1, 0.15) is 25.6 Å². The van der Waals surface area contributed by atoms with Crippen molar-refractivity contribution in [2.75, 3.05) is 45.9 Å². The maximum absolute atomic E-state index is 12.8. The van der Waals surface area contributed by atoms with Gasteiger partial charge in [-0.25, -0.2) is 0 Å². The molecule has 0 atom stereocenters. The second-order valence-corrected chi connectivity index (χ2v) is 8.71. The minimum atomic E-state index is -0.643. The first-order valence-corrected chi connectivity index (χ1v) is 11.2. The van der Waals surface area contributed by atoms with Gasteiger partial charge in [0.25, 0.3) is 5.56 Å². The number of likely N-dealkylation sites (tertiary alicyclic amines) is 1. The van der Waals surface area contributed by atoms with Crippen LogP contribution in [0.15, 0.2) is 29.1 Å². The van der Waals surface area contributed by atoms with Gasteiger partial charge < -0.3 is 9.84 Å². The van der Waals surface area contributed by atoms with E-state index in [1.165, 1.54) is 0 Å². The van der Waals surface area contributed by atoms with E-state index in [0.717, 1.165) is 63.6 Å². The molecular weight excluding hydrogens is 396 g/mol. The summed E-state index contributed by atoms with van der Waals surface area (Å²) in [6, 6.07) is 7.64. The summed E-state index contributed by atoms with van der Waals surface area (Å²) < 4.78 is 9.10. The number of aliphatic hydroxyl groups is 1. The molecule has 9 nitrogen and oxygen atoms in total. The molecule has 2 aliphatic rings. The lowest BCUT2D eigenvalue weighted by molar-refractivity contribution is -0.0651. The number of fused-ring (bicyclic) bond motifs is 3. The van der Waals surface area contributed by atoms with Crippen LogP contribution < -0.4 is 5.56 Å². The van der Waals surface area contributed by atoms with E-state index in [1.54, 1.807) is 4.57 Å². The number of benzene rings is 1. The highest BCUT2D eigenvalue weighted by molar-refractivity contribution is 5.80. The van der Waals surface area contributed by atoms with E-state index in [4.69, 9.17) is 4.74 Å². The minimum Gasteiger partial charge on any atom is -0.388 e. The van der Waals surface area contributed by atoms with Crippen molar-refractivity contribution in [3.8, 4) is 0 Å². The number of para-hydroxylation sites is 1. The van der Waals surface area contributed by atoms with Crippen LogP contribution in [0.4, 0.5) is 0 Å². The van der Waals surface area contributed by atoms with E-state index >= 15 is 0 Å². The molecule has 5 rings (SSSR count). The number of morpholine rings is 1. The molecule has 0 saturated carbocycles. The zero-order valence-corrected chi connectivity index (χ0v) is 18.0. The van der Waals surface area contributed by atoms with Gasteiger partial charge in [-0.15, -0.1) is 10.2 Å². The molecule has 0 amide bonds. The molecule has 0 spiro atoms. The van der Waals surface area contributed by atoms with Gasteiger partial charge in [-0.1, -0.05) is 12.1 Å². The standard InChI is InChI=1S/C22H30N6O3/c1-2-27-20(29)17-5-3-4-6-18(17)28-19(23-24-21(27)28)15-25-9-7-22(30,8-10-25)16-26-11-13-31-14-12-26/h3-6,30H,2,7-16H2,1H3. The summed E-state index contributed by atoms with van der Waals surface area (Å²) in [7, 11) is 0. The lowest BCUT2D eigenvalue weighted by atomic mass is 9.90. The van der Waals surface area contributed by atoms with Crippen molar-refractivity contribution in [3.63, 3.8) is 0 Å². The molecule has 31 heavy (non-hydrogen) atoms. The second kappa shape index (κ2) is 8.31. The normalized spacial score (nSPS) is 20.6. The van der Waals surface area contributed by atoms with Crippen LogP contribution in [-0.4, -0.2) is 85.6 Å². The minimum absolute atomic E-state index is 0.0318. The molecule has 1 N–H and O–H groups in total. The third kappa shape index (κ3) is 3.87. The number of hydrogen-bond donors (Lipinski definition) is 1. The highest BCUT2D eigenvalue weighted by Crippen LogP contribution is 2.25. The average Bonchev–Trinajstić information content (AvgIpc) is 3.20. The molecule has 2 saturated heterocycles. The molecule has 0 aliphatic carbocycles. The van der Waals surface area contributed by atoms with E-state index in [9.17, 15) is 9.90 Å². The smallest absolute Gasteiger partial charge is 0.262 e. The maximum Gasteiger partial charge on any atom is 0.262 e. The molecule has 9 heteroatoms. The summed E-state index contributed by atoms with van der Waals surface area (Å²) in [5.74, 6) is 1.41. The van der Waals surface area contributed by atoms with Gasteiger partial charge in [0.2, 0.25) is 5.78 Å². The summed E-state index contributed by atoms with van der Waals surface area (Å²) >= 11 is 0. The van der Waals surface area contributed by atoms with Crippen molar-refractivity contribution < 1.29 is 9.84 Å². The van der Waals surface area contributed by atoms with E-state index in [0.29, 0.717) is 30.8 Å². The first kappa shape index (κ1) is 20.6. The third-order valence-electron chi connectivity index (χ3n) is 6.66. The van der Waals surface area contributed by atoms with Crippen LogP contribution in [0.3, 0.4) is 0 Å². The van der Waals surface area contributed by atoms with Crippen LogP contribution in [0, 0.1) is 0 Å². The van der Waals surface area contributed by atoms with Crippen molar-refractivity contribution in [1.82, 2.24) is 29.0 Å². The Labute approximate surface area is 180 Å². The van der Waals surface area contributed by atoms with Crippen LogP contribution in [0.5, 0.6) is 0 Å². The molecule has 4 heterocycles. The highest BCUT2D eigenvalue weighted by atomic mass is 16.5. The third-order valence-corrected chi connectivity index (χ3v) is 6.66. The number of piperidine rings is 1. The van der Waals surface area contributed by atoms with Gasteiger partial charge in [0, 0.05) is 39.3 Å². The molecule has 0 radical (unpaired) electrons. The van der Waals surface area contributed by atoms with Crippen LogP contribution >= 0.6 is 0 Å². The lowest BCUT2D eigenvalue weighted by Crippen LogP contribution is -2.52. The first-order chi connectivity index (χ1) is 15.1. The Morgan fingerprint density at radius 3 is 2.55 bits per heavy atom. The van der Waals surface area contributed by atoms with E-state index < -0.39 is 5.60 Å². The number of aromatic nitrogens is 4. The fourth-order valence-corrected chi connectivity index (χ4v) is 4.86. The predicted molar refractivity (Wildman–Crippen MR) is 117 cm³/mol. The van der Waals surface area contributed by atoms with Crippen molar-refractivity contribution in [1.29, 1.82) is 0 Å². The number of ether oxygens (including phenoxy) is 1. The number of hydrogen-bond acceptors (Lipinski definition) is 7. The monoisotopic (exact) mass is 426 g/mol. The number of rotatable bonds is 5. The van der Waals surface area contributed by atoms with Gasteiger partial charge in [0.1, 0.15) is 0 Å². The number of β-amino-alcohol motifs (C(OH)–C–C–N with tert-alkyl or cyclic N) is 1. The topological polar surface area (TPSA) is 88.1 Å². The maximum atomic E-state index is 12.8. The van der Waals surface area contributed by atoms with Gasteiger partial charge in [-0.2, -0.15) is 0 Å². The summed E-state index contributed by atoms with van der Waals surface area (Å²) in [5, 5.41) is 20.6. The number of nitrogens with zero attached hydrogens (tertiary/aromatic N) is 6. The first-order valence-electron chi connectivity index (χ1n) is 11.2. The lowest BCUT2D eigenvalue weighted by Gasteiger charge is -2.41. The molecule has 0 bridgehead atoms. The molecular formula is C22H30N6O3. The van der Waals surface area contributed by atoms with Crippen LogP contribution in [0.25, 0.3) is 16.7 Å². The molecule has 1 aromatic carbocycles. The molecule has 2 fully saturated rings. The molecule has 2 aliphatic heterocycles. The summed E-state index contributed by atoms with van der Waals surface area (Å²) in [5.41, 5.74) is 0.166. The Balaban J connectivity index is 1.36. The van der Waals surface area contributed by atoms with Gasteiger partial charge >= 0.3 is 0 Å². The van der Waals surface area contributed by atoms with Gasteiger partial charge in [-0.05, 0) is 31.9 Å². The van der Waals surface area contributed by atoms with E-state index in [1.807, 2.05) is 35.6 Å². The quantitative estimate of drug-likeness (QED) is 0.643. The largest absolute Gasteiger partial charge is 0.388 e. The molecule has 3 aromatic rings. The average molecular weight is 427 g/mol. The fourth-order valence-electron chi connectivity index (χ4n) is 4.86. The Morgan fingerprint density at radius 1 is 1.06 bits per heavy atom. The molecule has 0 unspecified atom stereocenters. The Kier molecular flexibility index (Phi) is 5.51. The van der Waals surface area contributed by atoms with Crippen molar-refractivity contribution in [2.45, 2.75) is 38.5 Å². The van der Waals surface area contributed by atoms with Gasteiger partial charge in [-0.3, -0.25) is 23.6 Å². The zero-order chi connectivity index (χ0) is 21.4. The van der Waals surface area contributed by atoms with Crippen molar-refractivity contribution in [2.24, 2.45) is 0 Å². The second-order valence-electron chi connectivity index (χ2n) is 8.71. The molecule has 166 valence electrons. The fraction of sp³-hybridized carbons (Fsp3) is 0.591. The summed E-state index contributed by atoms with van der Waals surface area (Å²) in [6.45, 7) is 8.74. The highest BCUT2D eigenvalue weighted by Gasteiger charge is 2.34. The summed E-state index contributed by atoms with van der Waals surface area (Å²) in [6.07, 6.45) is 1.48. The zero-order valence-electron chi connectivity index (χ0n) is 18.0. The van der Waals surface area contributed by atoms with Crippen molar-refractivity contribution >= 4 is 16.7 Å². The van der Waals surface area contributed by atoms with E-state index in [2.05, 4.69) is 20.0 Å². The summed E-state index contributed by atoms with van der Waals surface area (Å²) in [4.78, 5) is 17.5. The molecule has 2 aromatic heterocycles. The Morgan fingerprint density at radius 2 is 1.81 bits per heavy atom. The van der Waals surface area contributed by atoms with Gasteiger partial charge in [0.05, 0.1) is 36.3 Å². The predicted octanol–water partition coefficient (Wildman–Crippen LogP) is 0.723. The van der Waals surface area contributed by atoms with E-state index in [-0.39, 0.29) is 5.56 Å². The number of aryl methyl sites for hydroxylation is 1. The van der Waals surface area contributed by atoms with Crippen LogP contribution in [-0.2, 0) is 17.8 Å². The van der Waals surface area contributed by atoms with Crippen LogP contribution in [0.2, 0.25) is 0 Å². The van der Waals surface area contributed by atoms with Crippen molar-refractivity contribution in [3.05, 3.63) is 40.4 Å². The Bertz CT molecular complexity index is 1130. The SMILES string of the molecule is CCn1c(=O)c2ccccc2n2c(CN3CCC(O)(CN4CCOCC4)CC3)nnc12. The Hall–Kier alpha value is -2.33.